The number of carbonyl (C=O) groups excluding carboxylic acids is 1. The Morgan fingerprint density at radius 3 is 2.80 bits per heavy atom. The van der Waals surface area contributed by atoms with Gasteiger partial charge in [-0.1, -0.05) is 30.3 Å². The van der Waals surface area contributed by atoms with Gasteiger partial charge in [0.1, 0.15) is 5.75 Å². The quantitative estimate of drug-likeness (QED) is 0.849. The van der Waals surface area contributed by atoms with Gasteiger partial charge in [-0.2, -0.15) is 0 Å². The largest absolute Gasteiger partial charge is 0.493 e. The molecule has 0 saturated heterocycles. The molecular formula is C20H21NO4. The first-order valence-corrected chi connectivity index (χ1v) is 8.14. The second-order valence-electron chi connectivity index (χ2n) is 5.65. The smallest absolute Gasteiger partial charge is 0.244 e. The number of rotatable bonds is 5. The zero-order valence-electron chi connectivity index (χ0n) is 14.3. The van der Waals surface area contributed by atoms with E-state index in [2.05, 4.69) is 5.32 Å². The Bertz CT molecular complexity index is 785. The minimum atomic E-state index is -0.161. The van der Waals surface area contributed by atoms with Crippen LogP contribution in [-0.4, -0.2) is 26.7 Å². The van der Waals surface area contributed by atoms with Crippen LogP contribution in [0, 0.1) is 0 Å². The van der Waals surface area contributed by atoms with Crippen LogP contribution in [0.4, 0.5) is 0 Å². The van der Waals surface area contributed by atoms with Crippen molar-refractivity contribution in [1.82, 2.24) is 5.32 Å². The maximum Gasteiger partial charge on any atom is 0.244 e. The van der Waals surface area contributed by atoms with Gasteiger partial charge in [-0.25, -0.2) is 0 Å². The highest BCUT2D eigenvalue weighted by Crippen LogP contribution is 2.32. The number of nitrogens with one attached hydrogen (secondary N) is 1. The van der Waals surface area contributed by atoms with Gasteiger partial charge >= 0.3 is 0 Å². The third-order valence-corrected chi connectivity index (χ3v) is 4.12. The number of carbonyl (C=O) groups is 1. The van der Waals surface area contributed by atoms with Crippen molar-refractivity contribution in [2.45, 2.75) is 12.5 Å². The third kappa shape index (κ3) is 3.76. The van der Waals surface area contributed by atoms with E-state index >= 15 is 0 Å². The van der Waals surface area contributed by atoms with Crippen molar-refractivity contribution in [2.24, 2.45) is 0 Å². The van der Waals surface area contributed by atoms with Gasteiger partial charge in [0.25, 0.3) is 0 Å². The molecule has 2 aromatic rings. The molecule has 1 amide bonds. The summed E-state index contributed by atoms with van der Waals surface area (Å²) < 4.78 is 16.3. The van der Waals surface area contributed by atoms with E-state index in [-0.39, 0.29) is 11.9 Å². The molecule has 0 saturated carbocycles. The molecule has 3 rings (SSSR count). The Morgan fingerprint density at radius 1 is 1.16 bits per heavy atom. The lowest BCUT2D eigenvalue weighted by Crippen LogP contribution is -2.30. The van der Waals surface area contributed by atoms with Gasteiger partial charge in [-0.05, 0) is 18.2 Å². The molecular weight excluding hydrogens is 318 g/mol. The lowest BCUT2D eigenvalue weighted by molar-refractivity contribution is -0.117. The highest BCUT2D eigenvalue weighted by Gasteiger charge is 2.21. The zero-order chi connectivity index (χ0) is 17.6. The van der Waals surface area contributed by atoms with Crippen molar-refractivity contribution in [3.05, 3.63) is 59.7 Å². The summed E-state index contributed by atoms with van der Waals surface area (Å²) in [5.74, 6) is 1.90. The minimum Gasteiger partial charge on any atom is -0.493 e. The molecule has 1 heterocycles. The summed E-state index contributed by atoms with van der Waals surface area (Å²) in [6.07, 6.45) is 3.98. The Balaban J connectivity index is 1.73. The van der Waals surface area contributed by atoms with Gasteiger partial charge in [-0.15, -0.1) is 0 Å². The molecule has 1 aliphatic heterocycles. The number of amides is 1. The molecule has 130 valence electrons. The second kappa shape index (κ2) is 7.75. The van der Waals surface area contributed by atoms with E-state index in [0.717, 1.165) is 23.3 Å². The normalized spacial score (nSPS) is 16.0. The van der Waals surface area contributed by atoms with Gasteiger partial charge in [0.15, 0.2) is 11.5 Å². The van der Waals surface area contributed by atoms with Crippen LogP contribution >= 0.6 is 0 Å². The van der Waals surface area contributed by atoms with Crippen LogP contribution in [0.1, 0.15) is 23.6 Å². The molecule has 5 heteroatoms. The van der Waals surface area contributed by atoms with Crippen molar-refractivity contribution in [1.29, 1.82) is 0 Å². The van der Waals surface area contributed by atoms with E-state index < -0.39 is 0 Å². The van der Waals surface area contributed by atoms with Gasteiger partial charge in [-0.3, -0.25) is 4.79 Å². The van der Waals surface area contributed by atoms with Crippen LogP contribution in [-0.2, 0) is 4.79 Å². The van der Waals surface area contributed by atoms with Crippen molar-refractivity contribution >= 4 is 12.0 Å². The first-order valence-electron chi connectivity index (χ1n) is 8.14. The van der Waals surface area contributed by atoms with E-state index in [4.69, 9.17) is 14.2 Å². The number of para-hydroxylation sites is 2. The summed E-state index contributed by atoms with van der Waals surface area (Å²) in [4.78, 5) is 12.3. The van der Waals surface area contributed by atoms with Crippen molar-refractivity contribution < 1.29 is 19.0 Å². The maximum atomic E-state index is 12.3. The van der Waals surface area contributed by atoms with E-state index in [1.807, 2.05) is 42.5 Å². The molecule has 5 nitrogen and oxygen atoms in total. The zero-order valence-corrected chi connectivity index (χ0v) is 14.3. The lowest BCUT2D eigenvalue weighted by atomic mass is 10.0. The summed E-state index contributed by atoms with van der Waals surface area (Å²) in [5.41, 5.74) is 1.79. The van der Waals surface area contributed by atoms with Crippen LogP contribution in [0.25, 0.3) is 6.08 Å². The molecule has 0 aliphatic carbocycles. The van der Waals surface area contributed by atoms with Gasteiger partial charge in [0.05, 0.1) is 26.9 Å². The summed E-state index contributed by atoms with van der Waals surface area (Å²) in [6.45, 7) is 0.593. The summed E-state index contributed by atoms with van der Waals surface area (Å²) in [6, 6.07) is 13.3. The Kier molecular flexibility index (Phi) is 5.23. The minimum absolute atomic E-state index is 0.0469. The first-order chi connectivity index (χ1) is 12.2. The molecule has 0 bridgehead atoms. The fourth-order valence-corrected chi connectivity index (χ4v) is 2.92. The molecule has 0 radical (unpaired) electrons. The van der Waals surface area contributed by atoms with Crippen LogP contribution in [0.2, 0.25) is 0 Å². The number of fused-ring (bicyclic) bond motifs is 1. The summed E-state index contributed by atoms with van der Waals surface area (Å²) in [5, 5.41) is 3.03. The molecule has 0 aromatic heterocycles. The molecule has 0 spiro atoms. The van der Waals surface area contributed by atoms with Crippen molar-refractivity contribution in [3.63, 3.8) is 0 Å². The van der Waals surface area contributed by atoms with Gasteiger partial charge in [0.2, 0.25) is 5.91 Å². The number of methoxy groups -OCH3 is 2. The molecule has 1 N–H and O–H groups in total. The lowest BCUT2D eigenvalue weighted by Gasteiger charge is -2.26. The standard InChI is InChI=1S/C20H21NO4/c1-23-18-9-5-6-14(20(18)24-2)10-11-19(22)21-16-12-13-25-17-8-4-3-7-15(16)17/h3-11,16H,12-13H2,1-2H3,(H,21,22)/b11-10+/t16-/m1/s1. The van der Waals surface area contributed by atoms with Crippen LogP contribution in [0.15, 0.2) is 48.5 Å². The van der Waals surface area contributed by atoms with Crippen LogP contribution < -0.4 is 19.5 Å². The number of hydrogen-bond acceptors (Lipinski definition) is 4. The summed E-state index contributed by atoms with van der Waals surface area (Å²) in [7, 11) is 3.16. The average Bonchev–Trinajstić information content (AvgIpc) is 2.66. The van der Waals surface area contributed by atoms with Crippen molar-refractivity contribution in [3.8, 4) is 17.2 Å². The van der Waals surface area contributed by atoms with Crippen LogP contribution in [0.5, 0.6) is 17.2 Å². The maximum absolute atomic E-state index is 12.3. The molecule has 0 fully saturated rings. The predicted octanol–water partition coefficient (Wildman–Crippen LogP) is 3.36. The molecule has 2 aromatic carbocycles. The highest BCUT2D eigenvalue weighted by molar-refractivity contribution is 5.92. The van der Waals surface area contributed by atoms with Gasteiger partial charge < -0.3 is 19.5 Å². The number of ether oxygens (including phenoxy) is 3. The van der Waals surface area contributed by atoms with E-state index in [0.29, 0.717) is 18.1 Å². The third-order valence-electron chi connectivity index (χ3n) is 4.12. The molecule has 1 atom stereocenters. The Labute approximate surface area is 147 Å². The van der Waals surface area contributed by atoms with E-state index in [9.17, 15) is 4.79 Å². The topological polar surface area (TPSA) is 56.8 Å². The fourth-order valence-electron chi connectivity index (χ4n) is 2.92. The van der Waals surface area contributed by atoms with E-state index in [1.165, 1.54) is 6.08 Å². The molecule has 25 heavy (non-hydrogen) atoms. The average molecular weight is 339 g/mol. The second-order valence-corrected chi connectivity index (χ2v) is 5.65. The highest BCUT2D eigenvalue weighted by atomic mass is 16.5. The Hall–Kier alpha value is -2.95. The van der Waals surface area contributed by atoms with Crippen LogP contribution in [0.3, 0.4) is 0 Å². The van der Waals surface area contributed by atoms with Gasteiger partial charge in [0, 0.05) is 23.6 Å². The summed E-state index contributed by atoms with van der Waals surface area (Å²) >= 11 is 0. The van der Waals surface area contributed by atoms with E-state index in [1.54, 1.807) is 20.3 Å². The molecule has 1 aliphatic rings. The fraction of sp³-hybridized carbons (Fsp3) is 0.250. The molecule has 0 unspecified atom stereocenters. The Morgan fingerprint density at radius 2 is 2.00 bits per heavy atom. The first kappa shape index (κ1) is 16.9. The number of hydrogen-bond donors (Lipinski definition) is 1. The monoisotopic (exact) mass is 339 g/mol. The number of benzene rings is 2. The predicted molar refractivity (Wildman–Crippen MR) is 96.0 cm³/mol. The SMILES string of the molecule is COc1cccc(/C=C/C(=O)N[C@@H]2CCOc3ccccc32)c1OC. The van der Waals surface area contributed by atoms with Crippen molar-refractivity contribution in [2.75, 3.05) is 20.8 Å².